The van der Waals surface area contributed by atoms with Gasteiger partial charge in [0.1, 0.15) is 6.61 Å². The van der Waals surface area contributed by atoms with E-state index in [0.717, 1.165) is 6.08 Å². The van der Waals surface area contributed by atoms with Crippen LogP contribution in [0.2, 0.25) is 0 Å². The number of ether oxygens (including phenoxy) is 4. The molecule has 1 atom stereocenters. The average molecular weight is 272 g/mol. The van der Waals surface area contributed by atoms with Crippen molar-refractivity contribution >= 4 is 11.9 Å². The number of hydrogen-bond donors (Lipinski definition) is 0. The fraction of sp³-hybridized carbons (Fsp3) is 0.538. The lowest BCUT2D eigenvalue weighted by Crippen LogP contribution is -2.21. The van der Waals surface area contributed by atoms with Crippen LogP contribution in [-0.4, -0.2) is 44.7 Å². The van der Waals surface area contributed by atoms with E-state index in [1.165, 1.54) is 0 Å². The first-order chi connectivity index (χ1) is 8.97. The Morgan fingerprint density at radius 3 is 2.42 bits per heavy atom. The Bertz CT molecular complexity index is 323. The molecule has 0 aliphatic carbocycles. The molecule has 0 saturated carbocycles. The third kappa shape index (κ3) is 9.99. The number of hydrogen-bond acceptors (Lipinski definition) is 6. The van der Waals surface area contributed by atoms with Crippen molar-refractivity contribution in [1.82, 2.24) is 0 Å². The third-order valence-electron chi connectivity index (χ3n) is 1.84. The second kappa shape index (κ2) is 10.3. The first-order valence-corrected chi connectivity index (χ1v) is 5.82. The van der Waals surface area contributed by atoms with E-state index in [1.54, 1.807) is 13.8 Å². The summed E-state index contributed by atoms with van der Waals surface area (Å²) in [6.07, 6.45) is 0.423. The van der Waals surface area contributed by atoms with Gasteiger partial charge in [-0.15, -0.1) is 0 Å². The Kier molecular flexibility index (Phi) is 9.38. The highest BCUT2D eigenvalue weighted by atomic mass is 16.7. The van der Waals surface area contributed by atoms with Crippen molar-refractivity contribution in [3.8, 4) is 0 Å². The summed E-state index contributed by atoms with van der Waals surface area (Å²) in [5.41, 5.74) is 0.315. The predicted octanol–water partition coefficient (Wildman–Crippen LogP) is 1.21. The molecular formula is C13H20O6. The SMILES string of the molecule is C=CC(=O)OCCOCCOC(C)OC(=O)C(=C)C. The summed E-state index contributed by atoms with van der Waals surface area (Å²) < 4.78 is 19.9. The molecule has 0 aliphatic rings. The van der Waals surface area contributed by atoms with Gasteiger partial charge in [0.15, 0.2) is 0 Å². The minimum absolute atomic E-state index is 0.158. The molecule has 108 valence electrons. The maximum atomic E-state index is 11.1. The molecule has 0 aliphatic heterocycles. The van der Waals surface area contributed by atoms with Crippen LogP contribution in [-0.2, 0) is 28.5 Å². The molecule has 0 spiro atoms. The summed E-state index contributed by atoms with van der Waals surface area (Å²) >= 11 is 0. The molecule has 0 aromatic carbocycles. The minimum atomic E-state index is -0.661. The zero-order valence-corrected chi connectivity index (χ0v) is 11.3. The normalized spacial score (nSPS) is 11.5. The molecule has 0 saturated heterocycles. The van der Waals surface area contributed by atoms with Crippen molar-refractivity contribution in [2.75, 3.05) is 26.4 Å². The Morgan fingerprint density at radius 2 is 1.84 bits per heavy atom. The van der Waals surface area contributed by atoms with Crippen LogP contribution < -0.4 is 0 Å². The van der Waals surface area contributed by atoms with Crippen molar-refractivity contribution in [3.63, 3.8) is 0 Å². The molecule has 0 radical (unpaired) electrons. The molecule has 0 rings (SSSR count). The van der Waals surface area contributed by atoms with Crippen LogP contribution in [0, 0.1) is 0 Å². The van der Waals surface area contributed by atoms with Gasteiger partial charge in [0.05, 0.1) is 19.8 Å². The summed E-state index contributed by atoms with van der Waals surface area (Å²) in [5.74, 6) is -0.982. The first-order valence-electron chi connectivity index (χ1n) is 5.82. The van der Waals surface area contributed by atoms with Gasteiger partial charge in [-0.1, -0.05) is 13.2 Å². The summed E-state index contributed by atoms with van der Waals surface area (Å²) in [7, 11) is 0. The Hall–Kier alpha value is -1.66. The maximum absolute atomic E-state index is 11.1. The number of esters is 2. The molecule has 19 heavy (non-hydrogen) atoms. The van der Waals surface area contributed by atoms with Crippen LogP contribution in [0.1, 0.15) is 13.8 Å². The molecule has 6 nitrogen and oxygen atoms in total. The van der Waals surface area contributed by atoms with Crippen molar-refractivity contribution in [2.24, 2.45) is 0 Å². The minimum Gasteiger partial charge on any atom is -0.460 e. The predicted molar refractivity (Wildman–Crippen MR) is 68.3 cm³/mol. The van der Waals surface area contributed by atoms with Gasteiger partial charge in [0.25, 0.3) is 0 Å². The van der Waals surface area contributed by atoms with Crippen LogP contribution in [0.3, 0.4) is 0 Å². The average Bonchev–Trinajstić information content (AvgIpc) is 2.36. The van der Waals surface area contributed by atoms with Crippen LogP contribution >= 0.6 is 0 Å². The van der Waals surface area contributed by atoms with Gasteiger partial charge in [-0.2, -0.15) is 0 Å². The summed E-state index contributed by atoms with van der Waals surface area (Å²) in [5, 5.41) is 0. The molecule has 0 fully saturated rings. The zero-order chi connectivity index (χ0) is 14.7. The van der Waals surface area contributed by atoms with E-state index < -0.39 is 18.2 Å². The smallest absolute Gasteiger partial charge is 0.335 e. The molecule has 0 heterocycles. The fourth-order valence-electron chi connectivity index (χ4n) is 0.921. The first kappa shape index (κ1) is 17.3. The largest absolute Gasteiger partial charge is 0.460 e. The summed E-state index contributed by atoms with van der Waals surface area (Å²) in [6, 6.07) is 0. The molecule has 1 unspecified atom stereocenters. The van der Waals surface area contributed by atoms with E-state index in [2.05, 4.69) is 13.2 Å². The van der Waals surface area contributed by atoms with Gasteiger partial charge in [-0.05, 0) is 13.8 Å². The summed E-state index contributed by atoms with van der Waals surface area (Å²) in [6.45, 7) is 10.9. The lowest BCUT2D eigenvalue weighted by molar-refractivity contribution is -0.172. The van der Waals surface area contributed by atoms with Crippen LogP contribution in [0.5, 0.6) is 0 Å². The van der Waals surface area contributed by atoms with Gasteiger partial charge in [-0.25, -0.2) is 9.59 Å². The van der Waals surface area contributed by atoms with Crippen molar-refractivity contribution in [2.45, 2.75) is 20.1 Å². The fourth-order valence-corrected chi connectivity index (χ4v) is 0.921. The maximum Gasteiger partial charge on any atom is 0.335 e. The molecular weight excluding hydrogens is 252 g/mol. The van der Waals surface area contributed by atoms with Crippen LogP contribution in [0.15, 0.2) is 24.8 Å². The van der Waals surface area contributed by atoms with Crippen LogP contribution in [0.4, 0.5) is 0 Å². The number of carbonyl (C=O) groups excluding carboxylic acids is 2. The molecule has 0 aromatic heterocycles. The van der Waals surface area contributed by atoms with E-state index in [0.29, 0.717) is 12.2 Å². The van der Waals surface area contributed by atoms with Crippen molar-refractivity contribution in [1.29, 1.82) is 0 Å². The second-order valence-electron chi connectivity index (χ2n) is 3.61. The van der Waals surface area contributed by atoms with Gasteiger partial charge in [-0.3, -0.25) is 0 Å². The van der Waals surface area contributed by atoms with Gasteiger partial charge in [0.2, 0.25) is 6.29 Å². The highest BCUT2D eigenvalue weighted by Gasteiger charge is 2.09. The van der Waals surface area contributed by atoms with E-state index >= 15 is 0 Å². The number of rotatable bonds is 10. The van der Waals surface area contributed by atoms with Gasteiger partial charge >= 0.3 is 11.9 Å². The monoisotopic (exact) mass is 272 g/mol. The van der Waals surface area contributed by atoms with E-state index in [1.807, 2.05) is 0 Å². The Balaban J connectivity index is 3.44. The Morgan fingerprint density at radius 1 is 1.21 bits per heavy atom. The highest BCUT2D eigenvalue weighted by molar-refractivity contribution is 5.86. The van der Waals surface area contributed by atoms with Crippen LogP contribution in [0.25, 0.3) is 0 Å². The lowest BCUT2D eigenvalue weighted by atomic mass is 10.4. The number of carbonyl (C=O) groups is 2. The standard InChI is InChI=1S/C13H20O6/c1-5-12(14)18-9-7-16-6-8-17-11(4)19-13(15)10(2)3/h5,11H,1-2,6-9H2,3-4H3. The molecule has 6 heteroatoms. The third-order valence-corrected chi connectivity index (χ3v) is 1.84. The molecule has 0 amide bonds. The molecule has 0 bridgehead atoms. The zero-order valence-electron chi connectivity index (χ0n) is 11.3. The lowest BCUT2D eigenvalue weighted by Gasteiger charge is -2.14. The van der Waals surface area contributed by atoms with Crippen molar-refractivity contribution < 1.29 is 28.5 Å². The molecule has 0 aromatic rings. The molecule has 0 N–H and O–H groups in total. The Labute approximate surface area is 113 Å². The van der Waals surface area contributed by atoms with Gasteiger partial charge in [0, 0.05) is 11.6 Å². The topological polar surface area (TPSA) is 71.1 Å². The van der Waals surface area contributed by atoms with E-state index in [9.17, 15) is 9.59 Å². The highest BCUT2D eigenvalue weighted by Crippen LogP contribution is 1.99. The van der Waals surface area contributed by atoms with Gasteiger partial charge < -0.3 is 18.9 Å². The summed E-state index contributed by atoms with van der Waals surface area (Å²) in [4.78, 5) is 21.8. The van der Waals surface area contributed by atoms with E-state index in [4.69, 9.17) is 18.9 Å². The quantitative estimate of drug-likeness (QED) is 0.258. The second-order valence-corrected chi connectivity index (χ2v) is 3.61. The van der Waals surface area contributed by atoms with E-state index in [-0.39, 0.29) is 19.8 Å². The van der Waals surface area contributed by atoms with Crippen molar-refractivity contribution in [3.05, 3.63) is 24.8 Å².